The Bertz CT molecular complexity index is 829. The normalized spacial score (nSPS) is 15.6. The Balaban J connectivity index is 1.44. The summed E-state index contributed by atoms with van der Waals surface area (Å²) in [6.07, 6.45) is 3.83. The van der Waals surface area contributed by atoms with Crippen molar-refractivity contribution in [3.8, 4) is 5.75 Å². The molecule has 0 radical (unpaired) electrons. The second kappa shape index (κ2) is 11.4. The number of hydrogen-bond donors (Lipinski definition) is 2. The first-order chi connectivity index (χ1) is 14.7. The average Bonchev–Trinajstić information content (AvgIpc) is 2.78. The minimum atomic E-state index is -0.185. The molecule has 2 aromatic carbocycles. The number of aliphatic imine (C=N–C) groups is 1. The van der Waals surface area contributed by atoms with Crippen molar-refractivity contribution in [1.29, 1.82) is 0 Å². The minimum absolute atomic E-state index is 0.185. The Morgan fingerprint density at radius 2 is 1.93 bits per heavy atom. The van der Waals surface area contributed by atoms with Gasteiger partial charge in [-0.25, -0.2) is 4.39 Å². The van der Waals surface area contributed by atoms with Crippen molar-refractivity contribution in [3.05, 3.63) is 78.1 Å². The SMILES string of the molecule is C=CCOc1ccccc1CNC(=NC)NC1CCN(Cc2ccc(F)cc2)CC1. The van der Waals surface area contributed by atoms with Crippen LogP contribution in [0, 0.1) is 5.82 Å². The monoisotopic (exact) mass is 410 g/mol. The van der Waals surface area contributed by atoms with Gasteiger partial charge >= 0.3 is 0 Å². The van der Waals surface area contributed by atoms with Crippen LogP contribution in [0.5, 0.6) is 5.75 Å². The third kappa shape index (κ3) is 6.59. The fraction of sp³-hybridized carbons (Fsp3) is 0.375. The Kier molecular flexibility index (Phi) is 8.27. The molecule has 2 aromatic rings. The quantitative estimate of drug-likeness (QED) is 0.396. The van der Waals surface area contributed by atoms with Crippen LogP contribution in [0.4, 0.5) is 4.39 Å². The van der Waals surface area contributed by atoms with Gasteiger partial charge in [-0.2, -0.15) is 0 Å². The molecule has 5 nitrogen and oxygen atoms in total. The van der Waals surface area contributed by atoms with Gasteiger partial charge in [0.2, 0.25) is 0 Å². The van der Waals surface area contributed by atoms with E-state index in [4.69, 9.17) is 4.74 Å². The van der Waals surface area contributed by atoms with Gasteiger partial charge in [0.25, 0.3) is 0 Å². The number of guanidine groups is 1. The van der Waals surface area contributed by atoms with Crippen LogP contribution in [-0.4, -0.2) is 43.6 Å². The summed E-state index contributed by atoms with van der Waals surface area (Å²) in [5.41, 5.74) is 2.23. The highest BCUT2D eigenvalue weighted by Crippen LogP contribution is 2.18. The lowest BCUT2D eigenvalue weighted by Crippen LogP contribution is -2.48. The minimum Gasteiger partial charge on any atom is -0.489 e. The van der Waals surface area contributed by atoms with Crippen LogP contribution in [0.3, 0.4) is 0 Å². The first-order valence-electron chi connectivity index (χ1n) is 10.4. The lowest BCUT2D eigenvalue weighted by atomic mass is 10.0. The predicted octanol–water partition coefficient (Wildman–Crippen LogP) is 3.72. The summed E-state index contributed by atoms with van der Waals surface area (Å²) in [4.78, 5) is 6.78. The molecule has 0 unspecified atom stereocenters. The number of likely N-dealkylation sites (tertiary alicyclic amines) is 1. The lowest BCUT2D eigenvalue weighted by Gasteiger charge is -2.33. The standard InChI is InChI=1S/C24H31FN4O/c1-3-16-30-23-7-5-4-6-20(23)17-27-24(26-2)28-22-12-14-29(15-13-22)18-19-8-10-21(25)11-9-19/h3-11,22H,1,12-18H2,2H3,(H2,26,27,28). The summed E-state index contributed by atoms with van der Waals surface area (Å²) >= 11 is 0. The third-order valence-corrected chi connectivity index (χ3v) is 5.25. The van der Waals surface area contributed by atoms with Crippen LogP contribution in [-0.2, 0) is 13.1 Å². The Hall–Kier alpha value is -2.86. The van der Waals surface area contributed by atoms with Crippen LogP contribution >= 0.6 is 0 Å². The molecule has 0 bridgehead atoms. The largest absolute Gasteiger partial charge is 0.489 e. The topological polar surface area (TPSA) is 48.9 Å². The van der Waals surface area contributed by atoms with Crippen molar-refractivity contribution in [1.82, 2.24) is 15.5 Å². The van der Waals surface area contributed by atoms with Crippen LogP contribution in [0.2, 0.25) is 0 Å². The van der Waals surface area contributed by atoms with Crippen molar-refractivity contribution in [2.45, 2.75) is 32.0 Å². The lowest BCUT2D eigenvalue weighted by molar-refractivity contribution is 0.198. The number of ether oxygens (including phenoxy) is 1. The zero-order valence-corrected chi connectivity index (χ0v) is 17.6. The predicted molar refractivity (Wildman–Crippen MR) is 120 cm³/mol. The van der Waals surface area contributed by atoms with Gasteiger partial charge in [0.15, 0.2) is 5.96 Å². The van der Waals surface area contributed by atoms with Gasteiger partial charge in [-0.15, -0.1) is 0 Å². The number of rotatable bonds is 8. The summed E-state index contributed by atoms with van der Waals surface area (Å²) in [5.74, 6) is 1.47. The molecule has 160 valence electrons. The Labute approximate surface area is 178 Å². The van der Waals surface area contributed by atoms with E-state index in [1.54, 1.807) is 13.1 Å². The number of hydrogen-bond acceptors (Lipinski definition) is 3. The van der Waals surface area contributed by atoms with Crippen LogP contribution < -0.4 is 15.4 Å². The average molecular weight is 411 g/mol. The maximum absolute atomic E-state index is 13.1. The van der Waals surface area contributed by atoms with Crippen LogP contribution in [0.25, 0.3) is 0 Å². The maximum Gasteiger partial charge on any atom is 0.191 e. The molecule has 6 heteroatoms. The number of nitrogens with zero attached hydrogens (tertiary/aromatic N) is 2. The van der Waals surface area contributed by atoms with Gasteiger partial charge in [-0.1, -0.05) is 43.0 Å². The summed E-state index contributed by atoms with van der Waals surface area (Å²) in [6.45, 7) is 7.69. The third-order valence-electron chi connectivity index (χ3n) is 5.25. The van der Waals surface area contributed by atoms with E-state index in [-0.39, 0.29) is 5.82 Å². The molecule has 2 N–H and O–H groups in total. The van der Waals surface area contributed by atoms with Crippen molar-refractivity contribution in [3.63, 3.8) is 0 Å². The molecule has 1 saturated heterocycles. The second-order valence-corrected chi connectivity index (χ2v) is 7.45. The molecule has 3 rings (SSSR count). The smallest absolute Gasteiger partial charge is 0.191 e. The molecule has 1 aliphatic rings. The highest BCUT2D eigenvalue weighted by molar-refractivity contribution is 5.80. The summed E-state index contributed by atoms with van der Waals surface area (Å²) < 4.78 is 18.8. The zero-order chi connectivity index (χ0) is 21.2. The number of nitrogens with one attached hydrogen (secondary N) is 2. The zero-order valence-electron chi connectivity index (χ0n) is 17.6. The summed E-state index contributed by atoms with van der Waals surface area (Å²) in [5, 5.41) is 6.93. The number of benzene rings is 2. The van der Waals surface area contributed by atoms with Gasteiger partial charge in [-0.3, -0.25) is 9.89 Å². The van der Waals surface area contributed by atoms with Crippen molar-refractivity contribution >= 4 is 5.96 Å². The molecular weight excluding hydrogens is 379 g/mol. The van der Waals surface area contributed by atoms with E-state index in [9.17, 15) is 4.39 Å². The van der Waals surface area contributed by atoms with Crippen LogP contribution in [0.1, 0.15) is 24.0 Å². The number of piperidine rings is 1. The highest BCUT2D eigenvalue weighted by atomic mass is 19.1. The van der Waals surface area contributed by atoms with E-state index >= 15 is 0 Å². The Morgan fingerprint density at radius 3 is 2.63 bits per heavy atom. The van der Waals surface area contributed by atoms with Crippen molar-refractivity contribution in [2.75, 3.05) is 26.7 Å². The summed E-state index contributed by atoms with van der Waals surface area (Å²) in [6, 6.07) is 15.1. The van der Waals surface area contributed by atoms with E-state index in [2.05, 4.69) is 27.1 Å². The molecule has 1 heterocycles. The van der Waals surface area contributed by atoms with Crippen LogP contribution in [0.15, 0.2) is 66.2 Å². The molecule has 0 atom stereocenters. The fourth-order valence-electron chi connectivity index (χ4n) is 3.59. The molecule has 0 aromatic heterocycles. The Morgan fingerprint density at radius 1 is 1.20 bits per heavy atom. The number of halogens is 1. The number of para-hydroxylation sites is 1. The van der Waals surface area contributed by atoms with E-state index < -0.39 is 0 Å². The van der Waals surface area contributed by atoms with E-state index in [1.165, 1.54) is 12.1 Å². The first-order valence-corrected chi connectivity index (χ1v) is 10.4. The van der Waals surface area contributed by atoms with E-state index in [1.807, 2.05) is 36.4 Å². The van der Waals surface area contributed by atoms with E-state index in [0.29, 0.717) is 19.2 Å². The molecule has 1 aliphatic heterocycles. The highest BCUT2D eigenvalue weighted by Gasteiger charge is 2.20. The maximum atomic E-state index is 13.1. The molecule has 1 fully saturated rings. The van der Waals surface area contributed by atoms with Gasteiger partial charge < -0.3 is 15.4 Å². The molecule has 0 amide bonds. The van der Waals surface area contributed by atoms with Crippen molar-refractivity contribution < 1.29 is 9.13 Å². The molecule has 0 saturated carbocycles. The van der Waals surface area contributed by atoms with Gasteiger partial charge in [0.05, 0.1) is 0 Å². The second-order valence-electron chi connectivity index (χ2n) is 7.45. The molecule has 30 heavy (non-hydrogen) atoms. The van der Waals surface area contributed by atoms with Gasteiger partial charge in [0, 0.05) is 44.8 Å². The molecule has 0 aliphatic carbocycles. The molecule has 0 spiro atoms. The summed E-state index contributed by atoms with van der Waals surface area (Å²) in [7, 11) is 1.79. The van der Waals surface area contributed by atoms with E-state index in [0.717, 1.165) is 55.3 Å². The molecular formula is C24H31FN4O. The van der Waals surface area contributed by atoms with Gasteiger partial charge in [0.1, 0.15) is 18.2 Å². The van der Waals surface area contributed by atoms with Gasteiger partial charge in [-0.05, 0) is 36.6 Å². The fourth-order valence-corrected chi connectivity index (χ4v) is 3.59. The van der Waals surface area contributed by atoms with Crippen molar-refractivity contribution in [2.24, 2.45) is 4.99 Å². The first kappa shape index (κ1) is 21.8.